The van der Waals surface area contributed by atoms with Crippen LogP contribution in [0.1, 0.15) is 25.7 Å². The van der Waals surface area contributed by atoms with Gasteiger partial charge in [0.15, 0.2) is 0 Å². The molecule has 2 N–H and O–H groups in total. The van der Waals surface area contributed by atoms with Gasteiger partial charge in [0.1, 0.15) is 5.75 Å². The zero-order valence-electron chi connectivity index (χ0n) is 10.5. The van der Waals surface area contributed by atoms with E-state index in [-0.39, 0.29) is 0 Å². The first-order chi connectivity index (χ1) is 8.68. The second kappa shape index (κ2) is 6.03. The van der Waals surface area contributed by atoms with Gasteiger partial charge in [0.2, 0.25) is 0 Å². The minimum Gasteiger partial charge on any atom is -0.494 e. The van der Waals surface area contributed by atoms with Gasteiger partial charge in [-0.05, 0) is 31.4 Å². The van der Waals surface area contributed by atoms with Gasteiger partial charge in [0, 0.05) is 6.42 Å². The molecule has 1 aliphatic rings. The van der Waals surface area contributed by atoms with Crippen molar-refractivity contribution in [3.63, 3.8) is 0 Å². The van der Waals surface area contributed by atoms with Crippen LogP contribution >= 0.6 is 0 Å². The smallest absolute Gasteiger partial charge is 0.119 e. The zero-order chi connectivity index (χ0) is 12.8. The fourth-order valence-corrected chi connectivity index (χ4v) is 2.21. The Morgan fingerprint density at radius 3 is 2.67 bits per heavy atom. The van der Waals surface area contributed by atoms with Crippen molar-refractivity contribution in [2.24, 2.45) is 0 Å². The van der Waals surface area contributed by atoms with E-state index in [0.29, 0.717) is 19.4 Å². The number of unbranched alkanes of at least 4 members (excludes halogenated alkanes) is 1. The molecule has 2 atom stereocenters. The number of para-hydroxylation sites is 1. The Morgan fingerprint density at radius 2 is 2.00 bits per heavy atom. The van der Waals surface area contributed by atoms with Gasteiger partial charge in [0.05, 0.1) is 18.3 Å². The van der Waals surface area contributed by atoms with Crippen molar-refractivity contribution < 1.29 is 14.9 Å². The molecule has 0 saturated heterocycles. The number of rotatable bonds is 6. The third-order valence-corrected chi connectivity index (χ3v) is 3.21. The molecule has 0 bridgehead atoms. The molecule has 18 heavy (non-hydrogen) atoms. The Balaban J connectivity index is 1.61. The Morgan fingerprint density at radius 1 is 1.22 bits per heavy atom. The largest absolute Gasteiger partial charge is 0.494 e. The molecule has 0 aliphatic heterocycles. The molecule has 3 nitrogen and oxygen atoms in total. The molecule has 1 aromatic carbocycles. The number of benzene rings is 1. The Bertz CT molecular complexity index is 388. The quantitative estimate of drug-likeness (QED) is 0.600. The molecule has 2 unspecified atom stereocenters. The van der Waals surface area contributed by atoms with Gasteiger partial charge in [0.25, 0.3) is 0 Å². The average Bonchev–Trinajstić information content (AvgIpc) is 2.70. The summed E-state index contributed by atoms with van der Waals surface area (Å²) in [6, 6.07) is 9.72. The van der Waals surface area contributed by atoms with Gasteiger partial charge in [-0.2, -0.15) is 0 Å². The fraction of sp³-hybridized carbons (Fsp3) is 0.467. The predicted octanol–water partition coefficient (Wildman–Crippen LogP) is 2.29. The highest BCUT2D eigenvalue weighted by Crippen LogP contribution is 2.28. The molecular formula is C15H20O3. The van der Waals surface area contributed by atoms with E-state index >= 15 is 0 Å². The second-order valence-electron chi connectivity index (χ2n) is 4.85. The summed E-state index contributed by atoms with van der Waals surface area (Å²) >= 11 is 0. The topological polar surface area (TPSA) is 49.7 Å². The Labute approximate surface area is 108 Å². The van der Waals surface area contributed by atoms with Crippen LogP contribution in [0, 0.1) is 0 Å². The molecule has 0 aromatic heterocycles. The van der Waals surface area contributed by atoms with Gasteiger partial charge in [-0.25, -0.2) is 0 Å². The second-order valence-corrected chi connectivity index (χ2v) is 4.85. The predicted molar refractivity (Wildman–Crippen MR) is 70.5 cm³/mol. The SMILES string of the molecule is OC1C=CC(O)(CCCCOc2ccccc2)C1. The minimum atomic E-state index is -0.813. The summed E-state index contributed by atoms with van der Waals surface area (Å²) in [5.41, 5.74) is -0.813. The van der Waals surface area contributed by atoms with Crippen LogP contribution in [-0.4, -0.2) is 28.5 Å². The lowest BCUT2D eigenvalue weighted by atomic mass is 9.96. The van der Waals surface area contributed by atoms with Crippen molar-refractivity contribution in [3.8, 4) is 5.75 Å². The lowest BCUT2D eigenvalue weighted by Crippen LogP contribution is -2.25. The van der Waals surface area contributed by atoms with E-state index in [1.807, 2.05) is 30.3 Å². The van der Waals surface area contributed by atoms with E-state index in [0.717, 1.165) is 18.6 Å². The first kappa shape index (κ1) is 13.1. The van der Waals surface area contributed by atoms with Gasteiger partial charge < -0.3 is 14.9 Å². The van der Waals surface area contributed by atoms with Crippen LogP contribution in [0.5, 0.6) is 5.75 Å². The summed E-state index contributed by atoms with van der Waals surface area (Å²) < 4.78 is 5.58. The first-order valence-corrected chi connectivity index (χ1v) is 6.46. The molecule has 98 valence electrons. The van der Waals surface area contributed by atoms with E-state index in [4.69, 9.17) is 4.74 Å². The number of aliphatic hydroxyl groups is 2. The maximum Gasteiger partial charge on any atom is 0.119 e. The van der Waals surface area contributed by atoms with Crippen molar-refractivity contribution in [1.29, 1.82) is 0 Å². The van der Waals surface area contributed by atoms with Gasteiger partial charge in [-0.1, -0.05) is 30.4 Å². The van der Waals surface area contributed by atoms with Crippen molar-refractivity contribution >= 4 is 0 Å². The van der Waals surface area contributed by atoms with Crippen LogP contribution in [-0.2, 0) is 0 Å². The maximum atomic E-state index is 10.1. The van der Waals surface area contributed by atoms with Crippen LogP contribution in [0.15, 0.2) is 42.5 Å². The number of ether oxygens (including phenoxy) is 1. The van der Waals surface area contributed by atoms with E-state index < -0.39 is 11.7 Å². The Kier molecular flexibility index (Phi) is 4.39. The highest BCUT2D eigenvalue weighted by Gasteiger charge is 2.30. The molecular weight excluding hydrogens is 228 g/mol. The number of aliphatic hydroxyl groups excluding tert-OH is 1. The monoisotopic (exact) mass is 248 g/mol. The normalized spacial score (nSPS) is 26.4. The number of hydrogen-bond donors (Lipinski definition) is 2. The Hall–Kier alpha value is -1.32. The van der Waals surface area contributed by atoms with Crippen molar-refractivity contribution in [1.82, 2.24) is 0 Å². The summed E-state index contributed by atoms with van der Waals surface area (Å²) in [6.07, 6.45) is 5.79. The van der Waals surface area contributed by atoms with Gasteiger partial charge >= 0.3 is 0 Å². The zero-order valence-corrected chi connectivity index (χ0v) is 10.5. The first-order valence-electron chi connectivity index (χ1n) is 6.46. The molecule has 0 fully saturated rings. The molecule has 0 amide bonds. The third-order valence-electron chi connectivity index (χ3n) is 3.21. The van der Waals surface area contributed by atoms with E-state index in [1.54, 1.807) is 12.2 Å². The summed E-state index contributed by atoms with van der Waals surface area (Å²) in [7, 11) is 0. The maximum absolute atomic E-state index is 10.1. The molecule has 0 saturated carbocycles. The van der Waals surface area contributed by atoms with Crippen molar-refractivity contribution in [2.75, 3.05) is 6.61 Å². The molecule has 1 aliphatic carbocycles. The van der Waals surface area contributed by atoms with Crippen molar-refractivity contribution in [2.45, 2.75) is 37.4 Å². The molecule has 0 radical (unpaired) electrons. The van der Waals surface area contributed by atoms with Crippen LogP contribution in [0.4, 0.5) is 0 Å². The van der Waals surface area contributed by atoms with Crippen LogP contribution < -0.4 is 4.74 Å². The van der Waals surface area contributed by atoms with Crippen LogP contribution in [0.25, 0.3) is 0 Å². The van der Waals surface area contributed by atoms with E-state index in [1.165, 1.54) is 0 Å². The highest BCUT2D eigenvalue weighted by molar-refractivity contribution is 5.20. The fourth-order valence-electron chi connectivity index (χ4n) is 2.21. The highest BCUT2D eigenvalue weighted by atomic mass is 16.5. The third kappa shape index (κ3) is 3.86. The summed E-state index contributed by atoms with van der Waals surface area (Å²) in [4.78, 5) is 0. The lowest BCUT2D eigenvalue weighted by Gasteiger charge is -2.20. The number of hydrogen-bond acceptors (Lipinski definition) is 3. The molecule has 0 spiro atoms. The average molecular weight is 248 g/mol. The summed E-state index contributed by atoms with van der Waals surface area (Å²) in [5.74, 6) is 0.882. The minimum absolute atomic E-state index is 0.423. The molecule has 2 rings (SSSR count). The lowest BCUT2D eigenvalue weighted by molar-refractivity contribution is 0.0476. The molecule has 0 heterocycles. The van der Waals surface area contributed by atoms with Crippen molar-refractivity contribution in [3.05, 3.63) is 42.5 Å². The summed E-state index contributed by atoms with van der Waals surface area (Å²) in [5, 5.41) is 19.4. The van der Waals surface area contributed by atoms with E-state index in [2.05, 4.69) is 0 Å². The van der Waals surface area contributed by atoms with Crippen LogP contribution in [0.3, 0.4) is 0 Å². The van der Waals surface area contributed by atoms with Crippen LogP contribution in [0.2, 0.25) is 0 Å². The van der Waals surface area contributed by atoms with Gasteiger partial charge in [-0.15, -0.1) is 0 Å². The summed E-state index contributed by atoms with van der Waals surface area (Å²) in [6.45, 7) is 0.659. The molecule has 3 heteroatoms. The van der Waals surface area contributed by atoms with Gasteiger partial charge in [-0.3, -0.25) is 0 Å². The standard InChI is InChI=1S/C15H20O3/c16-13-8-10-15(17,12-13)9-4-5-11-18-14-6-2-1-3-7-14/h1-3,6-8,10,13,16-17H,4-5,9,11-12H2. The van der Waals surface area contributed by atoms with E-state index in [9.17, 15) is 10.2 Å². The molecule has 1 aromatic rings.